The number of ether oxygens (including phenoxy) is 1. The summed E-state index contributed by atoms with van der Waals surface area (Å²) in [5.74, 6) is -0.00771. The number of benzene rings is 3. The van der Waals surface area contributed by atoms with Crippen LogP contribution in [-0.4, -0.2) is 52.1 Å². The van der Waals surface area contributed by atoms with Crippen LogP contribution in [0.1, 0.15) is 16.8 Å². The van der Waals surface area contributed by atoms with Gasteiger partial charge in [-0.15, -0.1) is 5.10 Å². The van der Waals surface area contributed by atoms with Crippen molar-refractivity contribution in [3.05, 3.63) is 108 Å². The van der Waals surface area contributed by atoms with Crippen molar-refractivity contribution in [1.29, 1.82) is 5.26 Å². The van der Waals surface area contributed by atoms with Gasteiger partial charge in [-0.3, -0.25) is 14.6 Å². The number of aromatic amines is 1. The van der Waals surface area contributed by atoms with Gasteiger partial charge in [0.2, 0.25) is 11.6 Å². The smallest absolute Gasteiger partial charge is 0.349 e. The third kappa shape index (κ3) is 5.70. The van der Waals surface area contributed by atoms with Gasteiger partial charge in [0.15, 0.2) is 5.75 Å². The van der Waals surface area contributed by atoms with Gasteiger partial charge in [-0.25, -0.2) is 17.2 Å². The van der Waals surface area contributed by atoms with Crippen LogP contribution in [0, 0.1) is 18.3 Å². The van der Waals surface area contributed by atoms with E-state index in [9.17, 15) is 22.8 Å². The average molecular weight is 654 g/mol. The molecule has 44 heavy (non-hydrogen) atoms. The summed E-state index contributed by atoms with van der Waals surface area (Å²) >= 11 is 12.9. The van der Waals surface area contributed by atoms with E-state index in [-0.39, 0.29) is 44.5 Å². The lowest BCUT2D eigenvalue weighted by atomic mass is 10.1. The van der Waals surface area contributed by atoms with Crippen LogP contribution in [0.5, 0.6) is 11.5 Å². The van der Waals surface area contributed by atoms with Crippen LogP contribution in [0.15, 0.2) is 75.3 Å². The fourth-order valence-electron chi connectivity index (χ4n) is 4.33. The van der Waals surface area contributed by atoms with Gasteiger partial charge in [0.05, 0.1) is 32.6 Å². The molecule has 15 heteroatoms. The first-order chi connectivity index (χ1) is 20.8. The number of fused-ring (bicyclic) bond motifs is 1. The van der Waals surface area contributed by atoms with Crippen LogP contribution >= 0.6 is 23.2 Å². The quantitative estimate of drug-likeness (QED) is 0.276. The van der Waals surface area contributed by atoms with Crippen molar-refractivity contribution in [2.24, 2.45) is 0 Å². The Bertz CT molecular complexity index is 2210. The monoisotopic (exact) mass is 652 g/mol. The highest BCUT2D eigenvalue weighted by atomic mass is 35.5. The fourth-order valence-corrected chi connectivity index (χ4v) is 6.27. The summed E-state index contributed by atoms with van der Waals surface area (Å²) < 4.78 is 35.1. The molecule has 0 spiro atoms. The van der Waals surface area contributed by atoms with Crippen LogP contribution in [0.4, 0.5) is 0 Å². The van der Waals surface area contributed by atoms with E-state index < -0.39 is 27.0 Å². The van der Waals surface area contributed by atoms with Gasteiger partial charge in [0.1, 0.15) is 11.8 Å². The van der Waals surface area contributed by atoms with Crippen LogP contribution in [-0.2, 0) is 21.2 Å². The van der Waals surface area contributed by atoms with Gasteiger partial charge in [-0.05, 0) is 55.0 Å². The second kappa shape index (κ2) is 11.6. The first-order valence-electron chi connectivity index (χ1n) is 12.8. The third-order valence-electron chi connectivity index (χ3n) is 6.62. The number of carbonyl (C=O) groups excluding carboxylic acids is 1. The maximum atomic E-state index is 13.6. The number of nitriles is 1. The first-order valence-corrected chi connectivity index (χ1v) is 15.0. The summed E-state index contributed by atoms with van der Waals surface area (Å²) in [5.41, 5.74) is -0.653. The largest absolute Gasteiger partial charge is 0.454 e. The van der Waals surface area contributed by atoms with Gasteiger partial charge in [-0.1, -0.05) is 40.9 Å². The van der Waals surface area contributed by atoms with Crippen molar-refractivity contribution in [2.75, 3.05) is 14.1 Å². The van der Waals surface area contributed by atoms with E-state index in [0.717, 1.165) is 14.2 Å². The van der Waals surface area contributed by atoms with Crippen LogP contribution < -0.4 is 16.0 Å². The van der Waals surface area contributed by atoms with Gasteiger partial charge >= 0.3 is 5.69 Å². The molecule has 0 unspecified atom stereocenters. The number of aromatic nitrogens is 4. The van der Waals surface area contributed by atoms with Gasteiger partial charge in [-0.2, -0.15) is 9.94 Å². The molecule has 2 aromatic heterocycles. The molecule has 12 nitrogen and oxygen atoms in total. The van der Waals surface area contributed by atoms with Crippen LogP contribution in [0.25, 0.3) is 16.6 Å². The maximum Gasteiger partial charge on any atom is 0.349 e. The molecule has 0 aliphatic heterocycles. The number of nitrogens with zero attached hydrogens (tertiary/aromatic N) is 5. The highest BCUT2D eigenvalue weighted by Gasteiger charge is 2.24. The molecule has 0 atom stereocenters. The standard InChI is InChI=1S/C29H22Cl2N6O6S/c1-16-4-7-20(8-5-16)44(41,42)36-15-17(10-26(38)35(2)3)21-13-19(6-9-25(21)36)43-27-22(30)11-18(12-23(27)31)37-29(40)33-28(39)24(14-32)34-37/h4-9,11-13,15H,10H2,1-3H3,(H,33,39,40). The molecule has 224 valence electrons. The number of carbonyl (C=O) groups is 1. The SMILES string of the molecule is Cc1ccc(S(=O)(=O)n2cc(CC(=O)N(C)C)c3cc(Oc4c(Cl)cc(-n5nc(C#N)c(=O)[nH]c5=O)cc4Cl)ccc32)cc1. The summed E-state index contributed by atoms with van der Waals surface area (Å²) in [5, 5.41) is 13.2. The zero-order valence-corrected chi connectivity index (χ0v) is 25.7. The summed E-state index contributed by atoms with van der Waals surface area (Å²) in [6, 6.07) is 15.3. The van der Waals surface area contributed by atoms with Gasteiger partial charge in [0.25, 0.3) is 15.6 Å². The molecule has 0 saturated carbocycles. The first kappa shape index (κ1) is 30.6. The molecular formula is C29H22Cl2N6O6S. The number of halogens is 2. The predicted octanol–water partition coefficient (Wildman–Crippen LogP) is 4.02. The van der Waals surface area contributed by atoms with Gasteiger partial charge in [0, 0.05) is 25.7 Å². The Kier molecular flexibility index (Phi) is 8.09. The van der Waals surface area contributed by atoms with E-state index in [1.54, 1.807) is 44.4 Å². The Morgan fingerprint density at radius 2 is 1.73 bits per heavy atom. The second-order valence-electron chi connectivity index (χ2n) is 9.88. The number of likely N-dealkylation sites (N-methyl/N-ethyl adjacent to an activating group) is 1. The number of amides is 1. The molecule has 0 saturated heterocycles. The Morgan fingerprint density at radius 3 is 2.34 bits per heavy atom. The van der Waals surface area contributed by atoms with E-state index in [2.05, 4.69) is 5.10 Å². The summed E-state index contributed by atoms with van der Waals surface area (Å²) in [6.07, 6.45) is 1.34. The number of hydrogen-bond donors (Lipinski definition) is 1. The highest BCUT2D eigenvalue weighted by Crippen LogP contribution is 2.39. The molecule has 3 aromatic carbocycles. The lowest BCUT2D eigenvalue weighted by Gasteiger charge is -2.13. The summed E-state index contributed by atoms with van der Waals surface area (Å²) in [4.78, 5) is 40.2. The Labute approximate surface area is 260 Å². The molecule has 5 rings (SSSR count). The Balaban J connectivity index is 1.58. The minimum atomic E-state index is -4.01. The number of rotatable bonds is 7. The zero-order chi connectivity index (χ0) is 31.9. The van der Waals surface area contributed by atoms with Crippen molar-refractivity contribution in [3.63, 3.8) is 0 Å². The molecule has 5 aromatic rings. The van der Waals surface area contributed by atoms with Crippen molar-refractivity contribution >= 4 is 50.0 Å². The van der Waals surface area contributed by atoms with Crippen molar-refractivity contribution in [3.8, 4) is 23.3 Å². The fraction of sp³-hybridized carbons (Fsp3) is 0.138. The molecule has 0 aliphatic rings. The van der Waals surface area contributed by atoms with Crippen molar-refractivity contribution < 1.29 is 17.9 Å². The van der Waals surface area contributed by atoms with Crippen LogP contribution in [0.3, 0.4) is 0 Å². The molecular weight excluding hydrogens is 631 g/mol. The Hall–Kier alpha value is -4.90. The minimum absolute atomic E-state index is 0.00652. The van der Waals surface area contributed by atoms with Crippen molar-refractivity contribution in [1.82, 2.24) is 23.6 Å². The molecule has 2 heterocycles. The summed E-state index contributed by atoms with van der Waals surface area (Å²) in [7, 11) is -0.809. The number of nitrogens with one attached hydrogen (secondary N) is 1. The second-order valence-corrected chi connectivity index (χ2v) is 12.5. The molecule has 1 amide bonds. The normalized spacial score (nSPS) is 11.4. The molecule has 1 N–H and O–H groups in total. The lowest BCUT2D eigenvalue weighted by molar-refractivity contribution is -0.127. The number of aryl methyl sites for hydroxylation is 1. The van der Waals surface area contributed by atoms with E-state index >= 15 is 0 Å². The number of hydrogen-bond acceptors (Lipinski definition) is 8. The molecule has 0 fully saturated rings. The van der Waals surface area contributed by atoms with E-state index in [1.165, 1.54) is 41.4 Å². The highest BCUT2D eigenvalue weighted by molar-refractivity contribution is 7.90. The van der Waals surface area contributed by atoms with E-state index in [1.807, 2.05) is 11.9 Å². The van der Waals surface area contributed by atoms with E-state index in [0.29, 0.717) is 16.5 Å². The molecule has 0 aliphatic carbocycles. The Morgan fingerprint density at radius 1 is 1.07 bits per heavy atom. The van der Waals surface area contributed by atoms with Crippen molar-refractivity contribution in [2.45, 2.75) is 18.2 Å². The summed E-state index contributed by atoms with van der Waals surface area (Å²) in [6.45, 7) is 1.85. The van der Waals surface area contributed by atoms with Gasteiger partial charge < -0.3 is 9.64 Å². The van der Waals surface area contributed by atoms with E-state index in [4.69, 9.17) is 33.2 Å². The molecule has 0 bridgehead atoms. The maximum absolute atomic E-state index is 13.6. The third-order valence-corrected chi connectivity index (χ3v) is 8.87. The number of H-pyrrole nitrogens is 1. The average Bonchev–Trinajstić information content (AvgIpc) is 3.33. The molecule has 0 radical (unpaired) electrons. The minimum Gasteiger partial charge on any atom is -0.454 e. The van der Waals surface area contributed by atoms with Crippen LogP contribution in [0.2, 0.25) is 10.0 Å². The zero-order valence-electron chi connectivity index (χ0n) is 23.3. The lowest BCUT2D eigenvalue weighted by Crippen LogP contribution is -2.33. The predicted molar refractivity (Wildman–Crippen MR) is 163 cm³/mol. The topological polar surface area (TPSA) is 160 Å².